The van der Waals surface area contributed by atoms with Crippen LogP contribution in [0, 0.1) is 11.8 Å². The van der Waals surface area contributed by atoms with E-state index in [0.29, 0.717) is 25.2 Å². The number of esters is 1. The summed E-state index contributed by atoms with van der Waals surface area (Å²) in [5, 5.41) is 0. The number of ketones is 1. The Bertz CT molecular complexity index is 293. The summed E-state index contributed by atoms with van der Waals surface area (Å²) in [5.41, 5.74) is 0. The van der Waals surface area contributed by atoms with Crippen LogP contribution in [-0.4, -0.2) is 18.4 Å². The van der Waals surface area contributed by atoms with Gasteiger partial charge < -0.3 is 4.74 Å². The summed E-state index contributed by atoms with van der Waals surface area (Å²) < 4.78 is 5.06. The SMILES string of the molecule is O=C1C[C@H]2CCC(=O)[C@@H]2C/C=C/CCO1. The average Bonchev–Trinajstić information content (AvgIpc) is 2.55. The van der Waals surface area contributed by atoms with Gasteiger partial charge in [0.2, 0.25) is 0 Å². The summed E-state index contributed by atoms with van der Waals surface area (Å²) in [4.78, 5) is 23.0. The Morgan fingerprint density at radius 2 is 2.13 bits per heavy atom. The molecule has 82 valence electrons. The maximum Gasteiger partial charge on any atom is 0.306 e. The van der Waals surface area contributed by atoms with Crippen molar-refractivity contribution in [3.63, 3.8) is 0 Å². The zero-order valence-electron chi connectivity index (χ0n) is 8.78. The van der Waals surface area contributed by atoms with Crippen molar-refractivity contribution in [2.24, 2.45) is 11.8 Å². The molecule has 2 atom stereocenters. The maximum absolute atomic E-state index is 11.6. The van der Waals surface area contributed by atoms with Crippen molar-refractivity contribution in [3.8, 4) is 0 Å². The predicted molar refractivity (Wildman–Crippen MR) is 55.2 cm³/mol. The maximum atomic E-state index is 11.6. The van der Waals surface area contributed by atoms with Crippen LogP contribution in [0.4, 0.5) is 0 Å². The summed E-state index contributed by atoms with van der Waals surface area (Å²) in [6.45, 7) is 0.473. The molecule has 1 fully saturated rings. The molecule has 2 rings (SSSR count). The van der Waals surface area contributed by atoms with Gasteiger partial charge in [0, 0.05) is 18.8 Å². The van der Waals surface area contributed by atoms with Crippen molar-refractivity contribution >= 4 is 11.8 Å². The van der Waals surface area contributed by atoms with E-state index < -0.39 is 0 Å². The van der Waals surface area contributed by atoms with E-state index in [4.69, 9.17) is 4.74 Å². The van der Waals surface area contributed by atoms with Crippen LogP contribution in [-0.2, 0) is 14.3 Å². The largest absolute Gasteiger partial charge is 0.465 e. The van der Waals surface area contributed by atoms with Gasteiger partial charge >= 0.3 is 5.97 Å². The third-order valence-electron chi connectivity index (χ3n) is 3.28. The number of hydrogen-bond donors (Lipinski definition) is 0. The molecule has 0 amide bonds. The number of rotatable bonds is 0. The molecule has 1 aliphatic carbocycles. The van der Waals surface area contributed by atoms with Gasteiger partial charge in [-0.3, -0.25) is 9.59 Å². The van der Waals surface area contributed by atoms with Gasteiger partial charge in [0.1, 0.15) is 5.78 Å². The minimum atomic E-state index is -0.144. The molecule has 1 aliphatic heterocycles. The highest BCUT2D eigenvalue weighted by molar-refractivity contribution is 5.84. The molecule has 2 aliphatic rings. The van der Waals surface area contributed by atoms with E-state index in [1.807, 2.05) is 6.08 Å². The zero-order valence-corrected chi connectivity index (χ0v) is 8.78. The van der Waals surface area contributed by atoms with E-state index in [2.05, 4.69) is 6.08 Å². The minimum Gasteiger partial charge on any atom is -0.465 e. The fourth-order valence-electron chi connectivity index (χ4n) is 2.42. The number of Topliss-reactive ketones (excluding diaryl/α,β-unsaturated/α-hetero) is 1. The topological polar surface area (TPSA) is 43.4 Å². The van der Waals surface area contributed by atoms with Gasteiger partial charge in [-0.25, -0.2) is 0 Å². The molecule has 15 heavy (non-hydrogen) atoms. The van der Waals surface area contributed by atoms with Crippen LogP contribution in [0.1, 0.15) is 32.1 Å². The lowest BCUT2D eigenvalue weighted by Crippen LogP contribution is -2.19. The average molecular weight is 208 g/mol. The number of carbonyl (C=O) groups is 2. The molecule has 3 heteroatoms. The summed E-state index contributed by atoms with van der Waals surface area (Å²) in [6, 6.07) is 0. The molecule has 0 aromatic heterocycles. The fourth-order valence-corrected chi connectivity index (χ4v) is 2.42. The monoisotopic (exact) mass is 208 g/mol. The third kappa shape index (κ3) is 2.46. The number of cyclic esters (lactones) is 1. The minimum absolute atomic E-state index is 0.0619. The number of allylic oxidation sites excluding steroid dienone is 1. The first-order valence-electron chi connectivity index (χ1n) is 5.60. The van der Waals surface area contributed by atoms with Gasteiger partial charge in [-0.1, -0.05) is 12.2 Å². The Labute approximate surface area is 89.5 Å². The van der Waals surface area contributed by atoms with E-state index in [0.717, 1.165) is 19.3 Å². The molecule has 1 heterocycles. The van der Waals surface area contributed by atoms with E-state index in [1.54, 1.807) is 0 Å². The molecular weight excluding hydrogens is 192 g/mol. The van der Waals surface area contributed by atoms with Crippen LogP contribution < -0.4 is 0 Å². The Kier molecular flexibility index (Phi) is 3.19. The van der Waals surface area contributed by atoms with Crippen LogP contribution in [0.25, 0.3) is 0 Å². The van der Waals surface area contributed by atoms with Crippen molar-refractivity contribution in [3.05, 3.63) is 12.2 Å². The number of carbonyl (C=O) groups excluding carboxylic acids is 2. The van der Waals surface area contributed by atoms with Gasteiger partial charge in [-0.15, -0.1) is 0 Å². The van der Waals surface area contributed by atoms with Crippen molar-refractivity contribution in [1.82, 2.24) is 0 Å². The van der Waals surface area contributed by atoms with Crippen LogP contribution in [0.15, 0.2) is 12.2 Å². The highest BCUT2D eigenvalue weighted by Crippen LogP contribution is 2.34. The second kappa shape index (κ2) is 4.60. The highest BCUT2D eigenvalue weighted by atomic mass is 16.5. The lowest BCUT2D eigenvalue weighted by molar-refractivity contribution is -0.145. The zero-order chi connectivity index (χ0) is 10.7. The molecule has 0 N–H and O–H groups in total. The van der Waals surface area contributed by atoms with E-state index in [1.165, 1.54) is 0 Å². The van der Waals surface area contributed by atoms with Crippen molar-refractivity contribution in [1.29, 1.82) is 0 Å². The molecule has 0 radical (unpaired) electrons. The molecule has 0 bridgehead atoms. The molecule has 1 saturated carbocycles. The summed E-state index contributed by atoms with van der Waals surface area (Å²) >= 11 is 0. The Morgan fingerprint density at radius 1 is 1.27 bits per heavy atom. The highest BCUT2D eigenvalue weighted by Gasteiger charge is 2.35. The van der Waals surface area contributed by atoms with Crippen LogP contribution >= 0.6 is 0 Å². The molecule has 0 spiro atoms. The van der Waals surface area contributed by atoms with Gasteiger partial charge in [-0.2, -0.15) is 0 Å². The lowest BCUT2D eigenvalue weighted by Gasteiger charge is -2.17. The predicted octanol–water partition coefficient (Wildman–Crippen LogP) is 1.86. The smallest absolute Gasteiger partial charge is 0.306 e. The summed E-state index contributed by atoms with van der Waals surface area (Å²) in [5.74, 6) is 0.452. The summed E-state index contributed by atoms with van der Waals surface area (Å²) in [6.07, 6.45) is 7.53. The quantitative estimate of drug-likeness (QED) is 0.451. The van der Waals surface area contributed by atoms with E-state index in [-0.39, 0.29) is 17.8 Å². The van der Waals surface area contributed by atoms with Crippen LogP contribution in [0.2, 0.25) is 0 Å². The first kappa shape index (κ1) is 10.4. The number of hydrogen-bond acceptors (Lipinski definition) is 3. The van der Waals surface area contributed by atoms with E-state index in [9.17, 15) is 9.59 Å². The van der Waals surface area contributed by atoms with Crippen LogP contribution in [0.3, 0.4) is 0 Å². The van der Waals surface area contributed by atoms with Gasteiger partial charge in [0.05, 0.1) is 6.61 Å². The van der Waals surface area contributed by atoms with Gasteiger partial charge in [0.25, 0.3) is 0 Å². The van der Waals surface area contributed by atoms with Crippen LogP contribution in [0.5, 0.6) is 0 Å². The third-order valence-corrected chi connectivity index (χ3v) is 3.28. The number of ether oxygens (including phenoxy) is 1. The first-order valence-corrected chi connectivity index (χ1v) is 5.60. The lowest BCUT2D eigenvalue weighted by atomic mass is 9.89. The molecule has 0 aromatic rings. The molecule has 0 aromatic carbocycles. The molecule has 0 unspecified atom stereocenters. The Hall–Kier alpha value is -1.12. The van der Waals surface area contributed by atoms with Gasteiger partial charge in [0.15, 0.2) is 0 Å². The van der Waals surface area contributed by atoms with Crippen molar-refractivity contribution in [2.45, 2.75) is 32.1 Å². The molecule has 3 nitrogen and oxygen atoms in total. The second-order valence-electron chi connectivity index (χ2n) is 4.29. The number of fused-ring (bicyclic) bond motifs is 1. The molecular formula is C12H16O3. The van der Waals surface area contributed by atoms with Crippen molar-refractivity contribution < 1.29 is 14.3 Å². The Balaban J connectivity index is 2.08. The fraction of sp³-hybridized carbons (Fsp3) is 0.667. The summed E-state index contributed by atoms with van der Waals surface area (Å²) in [7, 11) is 0. The van der Waals surface area contributed by atoms with Crippen molar-refractivity contribution in [2.75, 3.05) is 6.61 Å². The first-order chi connectivity index (χ1) is 7.27. The molecule has 0 saturated heterocycles. The Morgan fingerprint density at radius 3 is 3.00 bits per heavy atom. The standard InChI is InChI=1S/C12H16O3/c13-11-6-5-9-8-12(14)15-7-3-1-2-4-10(9)11/h1-2,9-10H,3-8H2/b2-1+/t9-,10-/m1/s1. The second-order valence-corrected chi connectivity index (χ2v) is 4.29. The normalized spacial score (nSPS) is 34.4. The van der Waals surface area contributed by atoms with E-state index >= 15 is 0 Å². The van der Waals surface area contributed by atoms with Gasteiger partial charge in [-0.05, 0) is 25.2 Å².